The van der Waals surface area contributed by atoms with E-state index in [0.717, 1.165) is 14.5 Å². The molecular weight excluding hydrogens is 756 g/mol. The molecule has 5 rings (SSSR count). The summed E-state index contributed by atoms with van der Waals surface area (Å²) in [5.41, 5.74) is 1.91. The largest absolute Gasteiger partial charge is 0.493 e. The number of carbonyl (C=O) groups is 1. The SMILES string of the molecule is CCOC(=O)C1=C(C)N=c2s/c(=C/c3ccc(-c4cc(Br)ccc4Br)o3)c(=O)n2[C@@H]1c1cc(OCC)c(OC)cc1Br. The van der Waals surface area contributed by atoms with Gasteiger partial charge in [0.25, 0.3) is 5.56 Å². The summed E-state index contributed by atoms with van der Waals surface area (Å²) in [7, 11) is 1.55. The number of rotatable bonds is 8. The molecule has 0 bridgehead atoms. The van der Waals surface area contributed by atoms with E-state index < -0.39 is 12.0 Å². The molecule has 0 amide bonds. The van der Waals surface area contributed by atoms with Gasteiger partial charge in [-0.3, -0.25) is 9.36 Å². The minimum Gasteiger partial charge on any atom is -0.493 e. The van der Waals surface area contributed by atoms with Gasteiger partial charge in [-0.25, -0.2) is 9.79 Å². The standard InChI is InChI=1S/C30H25Br3N2O6S/c1-5-39-24-13-19(21(33)14-23(24)38-4)27-26(29(37)40-6-2)15(3)34-30-35(27)28(36)25(42-30)12-17-8-10-22(41-17)18-11-16(31)7-9-20(18)32/h7-14,27H,5-6H2,1-4H3/b25-12+/t27-/m1/s1. The van der Waals surface area contributed by atoms with Crippen LogP contribution in [-0.4, -0.2) is 30.9 Å². The van der Waals surface area contributed by atoms with Gasteiger partial charge >= 0.3 is 5.97 Å². The molecule has 1 atom stereocenters. The lowest BCUT2D eigenvalue weighted by atomic mass is 9.95. The monoisotopic (exact) mass is 778 g/mol. The van der Waals surface area contributed by atoms with Crippen molar-refractivity contribution in [2.75, 3.05) is 20.3 Å². The van der Waals surface area contributed by atoms with Gasteiger partial charge in [0.1, 0.15) is 11.5 Å². The summed E-state index contributed by atoms with van der Waals surface area (Å²) < 4.78 is 27.2. The van der Waals surface area contributed by atoms with Crippen molar-refractivity contribution in [1.29, 1.82) is 0 Å². The summed E-state index contributed by atoms with van der Waals surface area (Å²) in [5, 5.41) is 0. The second kappa shape index (κ2) is 12.7. The Hall–Kier alpha value is -2.93. The minimum absolute atomic E-state index is 0.176. The zero-order valence-electron chi connectivity index (χ0n) is 23.0. The van der Waals surface area contributed by atoms with Gasteiger partial charge in [0.2, 0.25) is 0 Å². The molecule has 4 aromatic rings. The number of hydrogen-bond acceptors (Lipinski definition) is 8. The number of esters is 1. The van der Waals surface area contributed by atoms with Crippen LogP contribution in [0.25, 0.3) is 17.4 Å². The van der Waals surface area contributed by atoms with E-state index in [1.165, 1.54) is 15.9 Å². The number of thiazole rings is 1. The maximum Gasteiger partial charge on any atom is 0.338 e. The van der Waals surface area contributed by atoms with Crippen molar-refractivity contribution >= 4 is 71.2 Å². The van der Waals surface area contributed by atoms with Crippen LogP contribution >= 0.6 is 59.1 Å². The van der Waals surface area contributed by atoms with Crippen molar-refractivity contribution in [3.05, 3.63) is 98.2 Å². The van der Waals surface area contributed by atoms with Gasteiger partial charge in [-0.2, -0.15) is 0 Å². The number of furan rings is 1. The molecule has 42 heavy (non-hydrogen) atoms. The maximum absolute atomic E-state index is 14.0. The zero-order chi connectivity index (χ0) is 30.1. The molecule has 12 heteroatoms. The number of hydrogen-bond donors (Lipinski definition) is 0. The molecule has 0 spiro atoms. The topological polar surface area (TPSA) is 92.3 Å². The Balaban J connectivity index is 1.69. The summed E-state index contributed by atoms with van der Waals surface area (Å²) in [6, 6.07) is 12.2. The fourth-order valence-electron chi connectivity index (χ4n) is 4.66. The highest BCUT2D eigenvalue weighted by molar-refractivity contribution is 9.11. The molecule has 0 saturated heterocycles. The van der Waals surface area contributed by atoms with Gasteiger partial charge in [-0.05, 0) is 68.8 Å². The van der Waals surface area contributed by atoms with Crippen LogP contribution in [-0.2, 0) is 9.53 Å². The highest BCUT2D eigenvalue weighted by atomic mass is 79.9. The molecule has 3 heterocycles. The Bertz CT molecular complexity index is 1910. The van der Waals surface area contributed by atoms with E-state index in [-0.39, 0.29) is 17.7 Å². The molecule has 0 unspecified atom stereocenters. The number of nitrogens with zero attached hydrogens (tertiary/aromatic N) is 2. The molecule has 218 valence electrons. The summed E-state index contributed by atoms with van der Waals surface area (Å²) in [6.45, 7) is 5.93. The van der Waals surface area contributed by atoms with E-state index in [1.807, 2.05) is 37.3 Å². The molecule has 8 nitrogen and oxygen atoms in total. The Morgan fingerprint density at radius 2 is 1.86 bits per heavy atom. The van der Waals surface area contributed by atoms with Crippen molar-refractivity contribution in [3.63, 3.8) is 0 Å². The highest BCUT2D eigenvalue weighted by Gasteiger charge is 2.35. The first kappa shape index (κ1) is 30.5. The normalized spacial score (nSPS) is 14.9. The van der Waals surface area contributed by atoms with Crippen LogP contribution in [0.5, 0.6) is 11.5 Å². The van der Waals surface area contributed by atoms with E-state index >= 15 is 0 Å². The first-order valence-electron chi connectivity index (χ1n) is 12.9. The van der Waals surface area contributed by atoms with Crippen molar-refractivity contribution in [1.82, 2.24) is 4.57 Å². The second-order valence-corrected chi connectivity index (χ2v) is 12.7. The Kier molecular flexibility index (Phi) is 9.26. The van der Waals surface area contributed by atoms with Crippen LogP contribution in [0.2, 0.25) is 0 Å². The Labute approximate surface area is 270 Å². The van der Waals surface area contributed by atoms with Crippen LogP contribution in [0, 0.1) is 0 Å². The number of aromatic nitrogens is 1. The first-order chi connectivity index (χ1) is 20.2. The predicted molar refractivity (Wildman–Crippen MR) is 172 cm³/mol. The molecule has 2 aromatic carbocycles. The lowest BCUT2D eigenvalue weighted by Crippen LogP contribution is -2.40. The highest BCUT2D eigenvalue weighted by Crippen LogP contribution is 2.41. The summed E-state index contributed by atoms with van der Waals surface area (Å²) in [4.78, 5) is 32.4. The number of allylic oxidation sites excluding steroid dienone is 1. The fraction of sp³-hybridized carbons (Fsp3) is 0.233. The van der Waals surface area contributed by atoms with E-state index in [9.17, 15) is 9.59 Å². The molecule has 1 aliphatic heterocycles. The number of benzene rings is 2. The van der Waals surface area contributed by atoms with E-state index in [2.05, 4.69) is 52.8 Å². The summed E-state index contributed by atoms with van der Waals surface area (Å²) >= 11 is 11.9. The lowest BCUT2D eigenvalue weighted by molar-refractivity contribution is -0.139. The quantitative estimate of drug-likeness (QED) is 0.184. The fourth-order valence-corrected chi connectivity index (χ4v) is 7.03. The molecule has 0 radical (unpaired) electrons. The van der Waals surface area contributed by atoms with Gasteiger partial charge in [-0.1, -0.05) is 59.1 Å². The predicted octanol–water partition coefficient (Wildman–Crippen LogP) is 6.75. The third-order valence-electron chi connectivity index (χ3n) is 6.49. The molecular formula is C30H25Br3N2O6S. The number of ether oxygens (including phenoxy) is 3. The van der Waals surface area contributed by atoms with E-state index in [4.69, 9.17) is 18.6 Å². The smallest absolute Gasteiger partial charge is 0.338 e. The Morgan fingerprint density at radius 1 is 1.07 bits per heavy atom. The average Bonchev–Trinajstić information content (AvgIpc) is 3.54. The van der Waals surface area contributed by atoms with Gasteiger partial charge in [0.05, 0.1) is 42.2 Å². The summed E-state index contributed by atoms with van der Waals surface area (Å²) in [5.74, 6) is 1.60. The number of halogens is 3. The van der Waals surface area contributed by atoms with Crippen molar-refractivity contribution in [2.45, 2.75) is 26.8 Å². The number of carbonyl (C=O) groups excluding carboxylic acids is 1. The number of methoxy groups -OCH3 is 1. The van der Waals surface area contributed by atoms with Crippen molar-refractivity contribution < 1.29 is 23.4 Å². The average molecular weight is 781 g/mol. The molecule has 0 saturated carbocycles. The molecule has 0 fully saturated rings. The van der Waals surface area contributed by atoms with E-state index in [0.29, 0.717) is 54.7 Å². The maximum atomic E-state index is 14.0. The van der Waals surface area contributed by atoms with Crippen LogP contribution in [0.4, 0.5) is 0 Å². The van der Waals surface area contributed by atoms with Crippen molar-refractivity contribution in [3.8, 4) is 22.8 Å². The Morgan fingerprint density at radius 3 is 2.57 bits per heavy atom. The third kappa shape index (κ3) is 5.82. The first-order valence-corrected chi connectivity index (χ1v) is 16.1. The van der Waals surface area contributed by atoms with Crippen molar-refractivity contribution in [2.24, 2.45) is 4.99 Å². The van der Waals surface area contributed by atoms with Gasteiger partial charge in [0, 0.05) is 25.1 Å². The number of fused-ring (bicyclic) bond motifs is 1. The van der Waals surface area contributed by atoms with Gasteiger partial charge in [-0.15, -0.1) is 0 Å². The van der Waals surface area contributed by atoms with Gasteiger partial charge < -0.3 is 18.6 Å². The molecule has 2 aromatic heterocycles. The lowest BCUT2D eigenvalue weighted by Gasteiger charge is -2.26. The van der Waals surface area contributed by atoms with Crippen LogP contribution in [0.1, 0.15) is 38.1 Å². The van der Waals surface area contributed by atoms with E-state index in [1.54, 1.807) is 39.2 Å². The molecule has 0 aliphatic carbocycles. The molecule has 1 aliphatic rings. The molecule has 0 N–H and O–H groups in total. The zero-order valence-corrected chi connectivity index (χ0v) is 28.6. The van der Waals surface area contributed by atoms with Crippen LogP contribution in [0.15, 0.2) is 81.4 Å². The van der Waals surface area contributed by atoms with Crippen LogP contribution in [0.3, 0.4) is 0 Å². The summed E-state index contributed by atoms with van der Waals surface area (Å²) in [6.07, 6.45) is 1.69. The minimum atomic E-state index is -0.827. The second-order valence-electron chi connectivity index (χ2n) is 9.09. The van der Waals surface area contributed by atoms with Gasteiger partial charge in [0.15, 0.2) is 16.3 Å². The van der Waals surface area contributed by atoms with Crippen LogP contribution < -0.4 is 24.4 Å². The third-order valence-corrected chi connectivity index (χ3v) is 9.34.